The van der Waals surface area contributed by atoms with Gasteiger partial charge in [0.05, 0.1) is 12.7 Å². The molecule has 0 amide bonds. The van der Waals surface area contributed by atoms with Gasteiger partial charge in [-0.1, -0.05) is 0 Å². The maximum Gasteiger partial charge on any atom is 0.0784 e. The molecule has 0 saturated carbocycles. The highest BCUT2D eigenvalue weighted by Crippen LogP contribution is 1.92. The molecule has 0 radical (unpaired) electrons. The molecule has 2 nitrogen and oxygen atoms in total. The van der Waals surface area contributed by atoms with Crippen LogP contribution in [0.15, 0.2) is 0 Å². The van der Waals surface area contributed by atoms with Gasteiger partial charge < -0.3 is 9.84 Å². The Balaban J connectivity index is 2.92. The van der Waals surface area contributed by atoms with Crippen molar-refractivity contribution in [3.8, 4) is 0 Å². The van der Waals surface area contributed by atoms with Crippen molar-refractivity contribution < 1.29 is 9.84 Å². The van der Waals surface area contributed by atoms with Crippen LogP contribution in [0.25, 0.3) is 0 Å². The first-order valence-electron chi connectivity index (χ1n) is 2.54. The summed E-state index contributed by atoms with van der Waals surface area (Å²) in [4.78, 5) is 0. The van der Waals surface area contributed by atoms with Crippen LogP contribution in [-0.4, -0.2) is 30.8 Å². The van der Waals surface area contributed by atoms with Gasteiger partial charge >= 0.3 is 0 Å². The number of hydrogen-bond donors (Lipinski definition) is 1. The first-order chi connectivity index (χ1) is 3.81. The summed E-state index contributed by atoms with van der Waals surface area (Å²) in [6.45, 7) is 0.382. The molecule has 0 saturated heterocycles. The Kier molecular flexibility index (Phi) is 5.49. The Bertz CT molecular complexity index is 43.7. The van der Waals surface area contributed by atoms with Gasteiger partial charge in [0, 0.05) is 13.0 Å². The minimum Gasteiger partial charge on any atom is -0.391 e. The van der Waals surface area contributed by atoms with Gasteiger partial charge in [-0.2, -0.15) is 0 Å². The zero-order chi connectivity index (χ0) is 6.41. The summed E-state index contributed by atoms with van der Waals surface area (Å²) in [7, 11) is 1.55. The van der Waals surface area contributed by atoms with Crippen molar-refractivity contribution in [2.45, 2.75) is 12.5 Å². The third-order valence-electron chi connectivity index (χ3n) is 0.801. The standard InChI is InChI=1S/C5H11ClO2/c1-8-4-5(7)2-3-6/h5,7H,2-4H2,1H3. The molecule has 0 bridgehead atoms. The summed E-state index contributed by atoms with van der Waals surface area (Å²) in [6, 6.07) is 0. The predicted octanol–water partition coefficient (Wildman–Crippen LogP) is 0.623. The fourth-order valence-electron chi connectivity index (χ4n) is 0.402. The van der Waals surface area contributed by atoms with Crippen LogP contribution in [0.4, 0.5) is 0 Å². The van der Waals surface area contributed by atoms with Gasteiger partial charge in [-0.25, -0.2) is 0 Å². The average Bonchev–Trinajstić information content (AvgIpc) is 1.68. The fourth-order valence-corrected chi connectivity index (χ4v) is 0.654. The van der Waals surface area contributed by atoms with E-state index in [1.807, 2.05) is 0 Å². The van der Waals surface area contributed by atoms with Crippen LogP contribution in [0.1, 0.15) is 6.42 Å². The van der Waals surface area contributed by atoms with Crippen molar-refractivity contribution in [1.82, 2.24) is 0 Å². The second-order valence-corrected chi connectivity index (χ2v) is 1.96. The summed E-state index contributed by atoms with van der Waals surface area (Å²) in [5, 5.41) is 8.84. The van der Waals surface area contributed by atoms with Gasteiger partial charge in [0.25, 0.3) is 0 Å². The third-order valence-corrected chi connectivity index (χ3v) is 1.02. The largest absolute Gasteiger partial charge is 0.391 e. The van der Waals surface area contributed by atoms with Gasteiger partial charge in [-0.3, -0.25) is 0 Å². The number of methoxy groups -OCH3 is 1. The van der Waals surface area contributed by atoms with E-state index in [0.717, 1.165) is 0 Å². The molecule has 0 aromatic rings. The maximum atomic E-state index is 8.84. The molecular formula is C5H11ClO2. The van der Waals surface area contributed by atoms with Gasteiger partial charge in [0.1, 0.15) is 0 Å². The SMILES string of the molecule is COCC(O)CCCl. The van der Waals surface area contributed by atoms with Crippen molar-refractivity contribution in [2.24, 2.45) is 0 Å². The van der Waals surface area contributed by atoms with Crippen LogP contribution in [-0.2, 0) is 4.74 Å². The van der Waals surface area contributed by atoms with E-state index >= 15 is 0 Å². The van der Waals surface area contributed by atoms with Crippen LogP contribution in [0.3, 0.4) is 0 Å². The van der Waals surface area contributed by atoms with Gasteiger partial charge in [-0.05, 0) is 6.42 Å². The number of hydrogen-bond acceptors (Lipinski definition) is 2. The molecule has 0 spiro atoms. The van der Waals surface area contributed by atoms with Crippen molar-refractivity contribution in [3.63, 3.8) is 0 Å². The number of halogens is 1. The number of rotatable bonds is 4. The van der Waals surface area contributed by atoms with E-state index in [9.17, 15) is 0 Å². The minimum absolute atomic E-state index is 0.382. The first kappa shape index (κ1) is 8.21. The second kappa shape index (κ2) is 5.35. The van der Waals surface area contributed by atoms with E-state index in [1.54, 1.807) is 7.11 Å². The Hall–Kier alpha value is 0.210. The topological polar surface area (TPSA) is 29.5 Å². The molecule has 0 aromatic carbocycles. The molecule has 1 N–H and O–H groups in total. The summed E-state index contributed by atoms with van der Waals surface area (Å²) in [5.74, 6) is 0.491. The average molecular weight is 139 g/mol. The molecule has 0 aromatic heterocycles. The summed E-state index contributed by atoms with van der Waals surface area (Å²) in [5.41, 5.74) is 0. The van der Waals surface area contributed by atoms with Gasteiger partial charge in [-0.15, -0.1) is 11.6 Å². The molecule has 0 fully saturated rings. The molecule has 0 aliphatic carbocycles. The Morgan fingerprint density at radius 1 is 1.75 bits per heavy atom. The third kappa shape index (κ3) is 4.37. The lowest BCUT2D eigenvalue weighted by atomic mass is 10.3. The fraction of sp³-hybridized carbons (Fsp3) is 1.00. The molecular weight excluding hydrogens is 128 g/mol. The van der Waals surface area contributed by atoms with Crippen LogP contribution in [0.5, 0.6) is 0 Å². The van der Waals surface area contributed by atoms with Crippen LogP contribution >= 0.6 is 11.6 Å². The monoisotopic (exact) mass is 138 g/mol. The van der Waals surface area contributed by atoms with E-state index in [1.165, 1.54) is 0 Å². The van der Waals surface area contributed by atoms with Crippen LogP contribution in [0.2, 0.25) is 0 Å². The highest BCUT2D eigenvalue weighted by atomic mass is 35.5. The van der Waals surface area contributed by atoms with E-state index in [0.29, 0.717) is 18.9 Å². The van der Waals surface area contributed by atoms with E-state index in [-0.39, 0.29) is 0 Å². The lowest BCUT2D eigenvalue weighted by Crippen LogP contribution is -2.13. The lowest BCUT2D eigenvalue weighted by molar-refractivity contribution is 0.0630. The Labute approximate surface area is 54.4 Å². The summed E-state index contributed by atoms with van der Waals surface area (Å²) < 4.78 is 4.65. The highest BCUT2D eigenvalue weighted by molar-refractivity contribution is 6.17. The van der Waals surface area contributed by atoms with Crippen molar-refractivity contribution in [2.75, 3.05) is 19.6 Å². The predicted molar refractivity (Wildman–Crippen MR) is 33.2 cm³/mol. The van der Waals surface area contributed by atoms with E-state index < -0.39 is 6.10 Å². The number of aliphatic hydroxyl groups excluding tert-OH is 1. The molecule has 0 heterocycles. The molecule has 0 rings (SSSR count). The van der Waals surface area contributed by atoms with Crippen molar-refractivity contribution >= 4 is 11.6 Å². The Morgan fingerprint density at radius 2 is 2.38 bits per heavy atom. The van der Waals surface area contributed by atoms with E-state index in [4.69, 9.17) is 16.7 Å². The second-order valence-electron chi connectivity index (χ2n) is 1.59. The van der Waals surface area contributed by atoms with Crippen molar-refractivity contribution in [1.29, 1.82) is 0 Å². The van der Waals surface area contributed by atoms with Crippen LogP contribution < -0.4 is 0 Å². The highest BCUT2D eigenvalue weighted by Gasteiger charge is 1.99. The summed E-state index contributed by atoms with van der Waals surface area (Å²) >= 11 is 5.32. The number of ether oxygens (including phenoxy) is 1. The van der Waals surface area contributed by atoms with E-state index in [2.05, 4.69) is 4.74 Å². The smallest absolute Gasteiger partial charge is 0.0784 e. The van der Waals surface area contributed by atoms with Gasteiger partial charge in [0.2, 0.25) is 0 Å². The Morgan fingerprint density at radius 3 is 2.75 bits per heavy atom. The molecule has 1 atom stereocenters. The zero-order valence-corrected chi connectivity index (χ0v) is 5.69. The number of aliphatic hydroxyl groups is 1. The normalized spacial score (nSPS) is 13.9. The van der Waals surface area contributed by atoms with Crippen LogP contribution in [0, 0.1) is 0 Å². The number of alkyl halides is 1. The molecule has 8 heavy (non-hydrogen) atoms. The molecule has 1 unspecified atom stereocenters. The molecule has 3 heteroatoms. The summed E-state index contributed by atoms with van der Waals surface area (Å²) in [6.07, 6.45) is 0.215. The van der Waals surface area contributed by atoms with Gasteiger partial charge in [0.15, 0.2) is 0 Å². The minimum atomic E-state index is -0.391. The quantitative estimate of drug-likeness (QED) is 0.578. The first-order valence-corrected chi connectivity index (χ1v) is 3.07. The molecule has 0 aliphatic rings. The maximum absolute atomic E-state index is 8.84. The molecule has 50 valence electrons. The molecule has 0 aliphatic heterocycles. The van der Waals surface area contributed by atoms with Crippen molar-refractivity contribution in [3.05, 3.63) is 0 Å². The lowest BCUT2D eigenvalue weighted by Gasteiger charge is -2.04. The zero-order valence-electron chi connectivity index (χ0n) is 4.93.